The van der Waals surface area contributed by atoms with Crippen LogP contribution in [0.3, 0.4) is 0 Å². The van der Waals surface area contributed by atoms with Gasteiger partial charge in [-0.2, -0.15) is 0 Å². The number of aromatic amines is 1. The summed E-state index contributed by atoms with van der Waals surface area (Å²) in [4.78, 5) is 17.0. The molecule has 0 aliphatic carbocycles. The van der Waals surface area contributed by atoms with Gasteiger partial charge in [0.1, 0.15) is 0 Å². The fraction of sp³-hybridized carbons (Fsp3) is 0.462. The summed E-state index contributed by atoms with van der Waals surface area (Å²) in [5.74, 6) is 0. The Bertz CT molecular complexity index is 616. The van der Waals surface area contributed by atoms with E-state index in [2.05, 4.69) is 27.4 Å². The molecule has 1 atom stereocenters. The molecule has 2 N–H and O–H groups in total. The van der Waals surface area contributed by atoms with Crippen molar-refractivity contribution in [1.82, 2.24) is 25.1 Å². The lowest BCUT2D eigenvalue weighted by Crippen LogP contribution is -2.19. The van der Waals surface area contributed by atoms with Gasteiger partial charge in [0.15, 0.2) is 5.16 Å². The summed E-state index contributed by atoms with van der Waals surface area (Å²) < 4.78 is 1.63. The zero-order valence-corrected chi connectivity index (χ0v) is 12.9. The van der Waals surface area contributed by atoms with Crippen LogP contribution in [0.5, 0.6) is 0 Å². The maximum atomic E-state index is 11.7. The highest BCUT2D eigenvalue weighted by Crippen LogP contribution is 2.26. The topological polar surface area (TPSA) is 75.6 Å². The third-order valence-electron chi connectivity index (χ3n) is 3.03. The van der Waals surface area contributed by atoms with Crippen LogP contribution in [0.25, 0.3) is 0 Å². The van der Waals surface area contributed by atoms with E-state index in [1.165, 1.54) is 11.8 Å². The van der Waals surface area contributed by atoms with Crippen LogP contribution in [0.4, 0.5) is 0 Å². The van der Waals surface area contributed by atoms with Gasteiger partial charge in [-0.3, -0.25) is 9.55 Å². The molecule has 2 aromatic rings. The van der Waals surface area contributed by atoms with Gasteiger partial charge in [0.05, 0.1) is 5.69 Å². The van der Waals surface area contributed by atoms with E-state index in [4.69, 9.17) is 0 Å². The standard InChI is InChI=1S/C13H19N5OS/c1-8(2)18-12(19)16-17-13(18)20-10-5-6-11(15-7-10)9(3)14-4/h5-9,14H,1-4H3,(H,16,19). The highest BCUT2D eigenvalue weighted by atomic mass is 32.2. The summed E-state index contributed by atoms with van der Waals surface area (Å²) in [6.07, 6.45) is 1.80. The SMILES string of the molecule is CNC(C)c1ccc(Sc2n[nH]c(=O)n2C(C)C)cn1. The third kappa shape index (κ3) is 3.10. The molecule has 1 unspecified atom stereocenters. The van der Waals surface area contributed by atoms with E-state index in [0.717, 1.165) is 10.6 Å². The van der Waals surface area contributed by atoms with Crippen LogP contribution in [-0.4, -0.2) is 26.8 Å². The van der Waals surface area contributed by atoms with E-state index >= 15 is 0 Å². The molecule has 7 heteroatoms. The van der Waals surface area contributed by atoms with E-state index in [1.54, 1.807) is 10.8 Å². The summed E-state index contributed by atoms with van der Waals surface area (Å²) in [5.41, 5.74) is 0.802. The van der Waals surface area contributed by atoms with Crippen molar-refractivity contribution in [2.24, 2.45) is 0 Å². The predicted molar refractivity (Wildman–Crippen MR) is 79.1 cm³/mol. The normalized spacial score (nSPS) is 12.8. The summed E-state index contributed by atoms with van der Waals surface area (Å²) in [6, 6.07) is 4.26. The van der Waals surface area contributed by atoms with E-state index in [-0.39, 0.29) is 17.8 Å². The smallest absolute Gasteiger partial charge is 0.312 e. The Balaban J connectivity index is 2.21. The van der Waals surface area contributed by atoms with Crippen molar-refractivity contribution in [2.75, 3.05) is 7.05 Å². The Morgan fingerprint density at radius 2 is 2.10 bits per heavy atom. The molecular formula is C13H19N5OS. The Morgan fingerprint density at radius 1 is 1.35 bits per heavy atom. The summed E-state index contributed by atoms with van der Waals surface area (Å²) >= 11 is 1.43. The molecule has 0 aliphatic rings. The maximum Gasteiger partial charge on any atom is 0.344 e. The summed E-state index contributed by atoms with van der Waals surface area (Å²) in [5, 5.41) is 10.3. The minimum absolute atomic E-state index is 0.0697. The Kier molecular flexibility index (Phi) is 4.61. The maximum absolute atomic E-state index is 11.7. The number of H-pyrrole nitrogens is 1. The van der Waals surface area contributed by atoms with Crippen LogP contribution in [0, 0.1) is 0 Å². The molecule has 108 valence electrons. The monoisotopic (exact) mass is 293 g/mol. The van der Waals surface area contributed by atoms with Crippen LogP contribution in [0.1, 0.15) is 38.5 Å². The molecule has 0 radical (unpaired) electrons. The highest BCUT2D eigenvalue weighted by Gasteiger charge is 2.13. The van der Waals surface area contributed by atoms with Gasteiger partial charge in [-0.15, -0.1) is 5.10 Å². The number of hydrogen-bond donors (Lipinski definition) is 2. The van der Waals surface area contributed by atoms with E-state index in [9.17, 15) is 4.79 Å². The van der Waals surface area contributed by atoms with Gasteiger partial charge in [0.25, 0.3) is 0 Å². The molecule has 0 aromatic carbocycles. The van der Waals surface area contributed by atoms with E-state index in [1.807, 2.05) is 33.0 Å². The molecule has 0 aliphatic heterocycles. The number of aromatic nitrogens is 4. The van der Waals surface area contributed by atoms with Crippen molar-refractivity contribution in [3.63, 3.8) is 0 Å². The van der Waals surface area contributed by atoms with Crippen molar-refractivity contribution in [2.45, 2.75) is 42.9 Å². The highest BCUT2D eigenvalue weighted by molar-refractivity contribution is 7.99. The zero-order valence-electron chi connectivity index (χ0n) is 12.0. The fourth-order valence-corrected chi connectivity index (χ4v) is 2.71. The fourth-order valence-electron chi connectivity index (χ4n) is 1.78. The van der Waals surface area contributed by atoms with Crippen LogP contribution >= 0.6 is 11.8 Å². The largest absolute Gasteiger partial charge is 0.344 e. The molecule has 0 saturated heterocycles. The molecule has 20 heavy (non-hydrogen) atoms. The first-order chi connectivity index (χ1) is 9.52. The molecule has 2 heterocycles. The van der Waals surface area contributed by atoms with Gasteiger partial charge in [-0.1, -0.05) is 0 Å². The van der Waals surface area contributed by atoms with Gasteiger partial charge < -0.3 is 5.32 Å². The lowest BCUT2D eigenvalue weighted by atomic mass is 10.2. The van der Waals surface area contributed by atoms with Crippen molar-refractivity contribution in [3.8, 4) is 0 Å². The molecule has 0 amide bonds. The van der Waals surface area contributed by atoms with Crippen LogP contribution < -0.4 is 11.0 Å². The molecule has 0 saturated carbocycles. The van der Waals surface area contributed by atoms with Crippen molar-refractivity contribution in [1.29, 1.82) is 0 Å². The second kappa shape index (κ2) is 6.23. The van der Waals surface area contributed by atoms with Gasteiger partial charge in [0.2, 0.25) is 0 Å². The van der Waals surface area contributed by atoms with Crippen LogP contribution in [0.2, 0.25) is 0 Å². The number of nitrogens with one attached hydrogen (secondary N) is 2. The number of pyridine rings is 1. The average Bonchev–Trinajstić information content (AvgIpc) is 2.79. The lowest BCUT2D eigenvalue weighted by Gasteiger charge is -2.10. The second-order valence-electron chi connectivity index (χ2n) is 4.81. The van der Waals surface area contributed by atoms with E-state index in [0.29, 0.717) is 5.16 Å². The molecule has 0 fully saturated rings. The summed E-state index contributed by atoms with van der Waals surface area (Å²) in [7, 11) is 1.90. The molecular weight excluding hydrogens is 274 g/mol. The first-order valence-corrected chi connectivity index (χ1v) is 7.32. The molecule has 0 bridgehead atoms. The lowest BCUT2D eigenvalue weighted by molar-refractivity contribution is 0.534. The first kappa shape index (κ1) is 14.8. The Hall–Kier alpha value is -1.60. The van der Waals surface area contributed by atoms with Gasteiger partial charge in [-0.05, 0) is 51.7 Å². The van der Waals surface area contributed by atoms with Crippen molar-refractivity contribution >= 4 is 11.8 Å². The zero-order chi connectivity index (χ0) is 14.7. The molecule has 6 nitrogen and oxygen atoms in total. The molecule has 2 rings (SSSR count). The second-order valence-corrected chi connectivity index (χ2v) is 5.85. The predicted octanol–water partition coefficient (Wildman–Crippen LogP) is 1.98. The average molecular weight is 293 g/mol. The summed E-state index contributed by atoms with van der Waals surface area (Å²) in [6.45, 7) is 5.97. The minimum atomic E-state index is -0.184. The van der Waals surface area contributed by atoms with Crippen LogP contribution in [0.15, 0.2) is 33.2 Å². The van der Waals surface area contributed by atoms with E-state index < -0.39 is 0 Å². The first-order valence-electron chi connectivity index (χ1n) is 6.51. The minimum Gasteiger partial charge on any atom is -0.312 e. The van der Waals surface area contributed by atoms with Crippen LogP contribution in [-0.2, 0) is 0 Å². The molecule has 2 aromatic heterocycles. The molecule has 0 spiro atoms. The quantitative estimate of drug-likeness (QED) is 0.881. The number of nitrogens with zero attached hydrogens (tertiary/aromatic N) is 3. The van der Waals surface area contributed by atoms with Crippen molar-refractivity contribution in [3.05, 3.63) is 34.5 Å². The third-order valence-corrected chi connectivity index (χ3v) is 3.98. The van der Waals surface area contributed by atoms with Gasteiger partial charge in [-0.25, -0.2) is 9.89 Å². The Morgan fingerprint density at radius 3 is 2.65 bits per heavy atom. The van der Waals surface area contributed by atoms with Crippen molar-refractivity contribution < 1.29 is 0 Å². The Labute approximate surface area is 122 Å². The number of hydrogen-bond acceptors (Lipinski definition) is 5. The number of rotatable bonds is 5. The van der Waals surface area contributed by atoms with Gasteiger partial charge >= 0.3 is 5.69 Å². The van der Waals surface area contributed by atoms with Gasteiger partial charge in [0, 0.05) is 23.2 Å².